The molecule has 0 saturated heterocycles. The van der Waals surface area contributed by atoms with Crippen LogP contribution >= 0.6 is 11.8 Å². The van der Waals surface area contributed by atoms with Gasteiger partial charge in [-0.2, -0.15) is 11.8 Å². The first kappa shape index (κ1) is 10.3. The van der Waals surface area contributed by atoms with Gasteiger partial charge in [0.1, 0.15) is 0 Å². The van der Waals surface area contributed by atoms with Crippen molar-refractivity contribution in [1.29, 1.82) is 0 Å². The van der Waals surface area contributed by atoms with E-state index in [9.17, 15) is 4.79 Å². The Morgan fingerprint density at radius 2 is 2.27 bits per heavy atom. The van der Waals surface area contributed by atoms with Crippen LogP contribution in [0, 0.1) is 0 Å². The second kappa shape index (κ2) is 5.01. The van der Waals surface area contributed by atoms with Crippen LogP contribution in [0.4, 0.5) is 4.79 Å². The second-order valence-electron chi connectivity index (χ2n) is 2.02. The summed E-state index contributed by atoms with van der Waals surface area (Å²) in [4.78, 5) is 14.3. The van der Waals surface area contributed by atoms with Gasteiger partial charge in [-0.05, 0) is 20.1 Å². The summed E-state index contributed by atoms with van der Waals surface area (Å²) in [5, 5.41) is 3.76. The molecule has 0 spiro atoms. The molecule has 0 aromatic carbocycles. The van der Waals surface area contributed by atoms with Gasteiger partial charge in [0, 0.05) is 5.25 Å². The van der Waals surface area contributed by atoms with E-state index in [4.69, 9.17) is 5.73 Å². The summed E-state index contributed by atoms with van der Waals surface area (Å²) in [6, 6.07) is 0. The zero-order valence-corrected chi connectivity index (χ0v) is 7.64. The van der Waals surface area contributed by atoms with Gasteiger partial charge in [0.2, 0.25) is 0 Å². The highest BCUT2D eigenvalue weighted by molar-refractivity contribution is 7.99. The number of amides is 1. The van der Waals surface area contributed by atoms with Crippen molar-refractivity contribution in [2.24, 2.45) is 10.9 Å². The Morgan fingerprint density at radius 1 is 1.73 bits per heavy atom. The second-order valence-corrected chi connectivity index (χ2v) is 3.20. The predicted octanol–water partition coefficient (Wildman–Crippen LogP) is 1.21. The number of hydrogen-bond donors (Lipinski definition) is 1. The molecule has 0 heterocycles. The molecule has 4 nitrogen and oxygen atoms in total. The molecule has 0 aliphatic carbocycles. The van der Waals surface area contributed by atoms with Gasteiger partial charge in [-0.15, -0.1) is 0 Å². The standard InChI is InChI=1S/C6H12N2O2S/c1-4(5(2)11-3)8-10-6(7)9/h5H,1-3H3,(H2,7,9). The van der Waals surface area contributed by atoms with E-state index in [1.807, 2.05) is 13.2 Å². The van der Waals surface area contributed by atoms with Crippen LogP contribution in [0.25, 0.3) is 0 Å². The van der Waals surface area contributed by atoms with E-state index in [1.54, 1.807) is 18.7 Å². The molecule has 0 aromatic rings. The molecular weight excluding hydrogens is 164 g/mol. The largest absolute Gasteiger partial charge is 0.430 e. The molecule has 0 rings (SSSR count). The first-order valence-electron chi connectivity index (χ1n) is 3.11. The number of thioether (sulfide) groups is 1. The molecule has 2 N–H and O–H groups in total. The lowest BCUT2D eigenvalue weighted by Crippen LogP contribution is -2.14. The van der Waals surface area contributed by atoms with Gasteiger partial charge in [0.05, 0.1) is 5.71 Å². The fourth-order valence-electron chi connectivity index (χ4n) is 0.362. The van der Waals surface area contributed by atoms with Crippen LogP contribution < -0.4 is 5.73 Å². The monoisotopic (exact) mass is 176 g/mol. The first-order valence-corrected chi connectivity index (χ1v) is 4.40. The minimum absolute atomic E-state index is 0.245. The van der Waals surface area contributed by atoms with Crippen LogP contribution in [-0.2, 0) is 4.84 Å². The summed E-state index contributed by atoms with van der Waals surface area (Å²) in [5.74, 6) is 0. The minimum atomic E-state index is -0.877. The quantitative estimate of drug-likeness (QED) is 0.399. The van der Waals surface area contributed by atoms with Gasteiger partial charge in [0.25, 0.3) is 0 Å². The third-order valence-corrected chi connectivity index (χ3v) is 2.27. The number of hydrogen-bond acceptors (Lipinski definition) is 4. The predicted molar refractivity (Wildman–Crippen MR) is 46.8 cm³/mol. The van der Waals surface area contributed by atoms with Crippen LogP contribution in [0.3, 0.4) is 0 Å². The average molecular weight is 176 g/mol. The maximum atomic E-state index is 10.1. The third-order valence-electron chi connectivity index (χ3n) is 1.22. The highest BCUT2D eigenvalue weighted by Gasteiger charge is 2.03. The molecule has 0 aliphatic heterocycles. The molecule has 1 atom stereocenters. The lowest BCUT2D eigenvalue weighted by atomic mass is 10.3. The normalized spacial score (nSPS) is 14.3. The van der Waals surface area contributed by atoms with Crippen LogP contribution in [0.5, 0.6) is 0 Å². The first-order chi connectivity index (χ1) is 5.07. The van der Waals surface area contributed by atoms with E-state index < -0.39 is 6.09 Å². The van der Waals surface area contributed by atoms with Gasteiger partial charge >= 0.3 is 6.09 Å². The van der Waals surface area contributed by atoms with Gasteiger partial charge in [-0.25, -0.2) is 4.79 Å². The van der Waals surface area contributed by atoms with Crippen LogP contribution in [-0.4, -0.2) is 23.3 Å². The number of nitrogens with zero attached hydrogens (tertiary/aromatic N) is 1. The van der Waals surface area contributed by atoms with E-state index in [-0.39, 0.29) is 5.25 Å². The van der Waals surface area contributed by atoms with Crippen molar-refractivity contribution in [3.8, 4) is 0 Å². The van der Waals surface area contributed by atoms with Gasteiger partial charge in [-0.1, -0.05) is 5.16 Å². The molecule has 1 unspecified atom stereocenters. The fourth-order valence-corrected chi connectivity index (χ4v) is 0.746. The number of carbonyl (C=O) groups is 1. The van der Waals surface area contributed by atoms with Gasteiger partial charge < -0.3 is 5.73 Å². The zero-order chi connectivity index (χ0) is 8.85. The lowest BCUT2D eigenvalue weighted by Gasteiger charge is -2.04. The molecule has 11 heavy (non-hydrogen) atoms. The molecule has 0 aliphatic rings. The fraction of sp³-hybridized carbons (Fsp3) is 0.667. The van der Waals surface area contributed by atoms with E-state index in [2.05, 4.69) is 9.99 Å². The third kappa shape index (κ3) is 4.66. The zero-order valence-electron chi connectivity index (χ0n) is 6.83. The summed E-state index contributed by atoms with van der Waals surface area (Å²) in [7, 11) is 0. The highest BCUT2D eigenvalue weighted by Crippen LogP contribution is 2.06. The summed E-state index contributed by atoms with van der Waals surface area (Å²) < 4.78 is 0. The molecular formula is C6H12N2O2S. The molecule has 5 heteroatoms. The van der Waals surface area contributed by atoms with Crippen LogP contribution in [0.1, 0.15) is 13.8 Å². The number of carbonyl (C=O) groups excluding carboxylic acids is 1. The van der Waals surface area contributed by atoms with Gasteiger partial charge in [0.15, 0.2) is 0 Å². The summed E-state index contributed by atoms with van der Waals surface area (Å²) in [6.07, 6.45) is 1.08. The Morgan fingerprint density at radius 3 is 2.64 bits per heavy atom. The topological polar surface area (TPSA) is 64.7 Å². The maximum Gasteiger partial charge on any atom is 0.430 e. The number of primary amides is 1. The van der Waals surface area contributed by atoms with Crippen LogP contribution in [0.2, 0.25) is 0 Å². The van der Waals surface area contributed by atoms with Gasteiger partial charge in [-0.3, -0.25) is 4.84 Å². The SMILES string of the molecule is CSC(C)C(C)=NOC(N)=O. The van der Waals surface area contributed by atoms with Crippen molar-refractivity contribution in [2.45, 2.75) is 19.1 Å². The van der Waals surface area contributed by atoms with E-state index in [0.717, 1.165) is 5.71 Å². The Hall–Kier alpha value is -0.710. The van der Waals surface area contributed by atoms with Crippen LogP contribution in [0.15, 0.2) is 5.16 Å². The summed E-state index contributed by atoms with van der Waals surface area (Å²) in [6.45, 7) is 3.75. The van der Waals surface area contributed by atoms with Crippen molar-refractivity contribution >= 4 is 23.6 Å². The molecule has 1 amide bonds. The van der Waals surface area contributed by atoms with Crippen molar-refractivity contribution in [2.75, 3.05) is 6.26 Å². The Kier molecular flexibility index (Phi) is 4.69. The van der Waals surface area contributed by atoms with Crippen molar-refractivity contribution in [3.05, 3.63) is 0 Å². The summed E-state index contributed by atoms with van der Waals surface area (Å²) >= 11 is 1.62. The Bertz CT molecular complexity index is 170. The molecule has 0 fully saturated rings. The number of rotatable bonds is 3. The Labute approximate surface area is 70.2 Å². The highest BCUT2D eigenvalue weighted by atomic mass is 32.2. The molecule has 0 bridgehead atoms. The average Bonchev–Trinajstić information content (AvgIpc) is 1.98. The minimum Gasteiger partial charge on any atom is -0.333 e. The smallest absolute Gasteiger partial charge is 0.333 e. The number of nitrogens with two attached hydrogens (primary N) is 1. The molecule has 0 radical (unpaired) electrons. The Balaban J connectivity index is 3.89. The summed E-state index contributed by atoms with van der Waals surface area (Å²) in [5.41, 5.74) is 5.45. The molecule has 0 aromatic heterocycles. The van der Waals surface area contributed by atoms with Crippen molar-refractivity contribution in [3.63, 3.8) is 0 Å². The van der Waals surface area contributed by atoms with Crippen molar-refractivity contribution in [1.82, 2.24) is 0 Å². The van der Waals surface area contributed by atoms with Crippen molar-refractivity contribution < 1.29 is 9.63 Å². The molecule has 0 saturated carbocycles. The lowest BCUT2D eigenvalue weighted by molar-refractivity contribution is 0.161. The molecule has 64 valence electrons. The van der Waals surface area contributed by atoms with E-state index in [1.165, 1.54) is 0 Å². The van der Waals surface area contributed by atoms with E-state index in [0.29, 0.717) is 0 Å². The maximum absolute atomic E-state index is 10.1. The number of oxime groups is 1. The van der Waals surface area contributed by atoms with E-state index >= 15 is 0 Å².